The van der Waals surface area contributed by atoms with Crippen LogP contribution in [0.15, 0.2) is 24.3 Å². The third-order valence-electron chi connectivity index (χ3n) is 9.53. The van der Waals surface area contributed by atoms with E-state index in [1.54, 1.807) is 6.08 Å². The van der Waals surface area contributed by atoms with Crippen LogP contribution in [0.1, 0.15) is 168 Å². The van der Waals surface area contributed by atoms with Gasteiger partial charge >= 0.3 is 0 Å². The maximum atomic E-state index is 12.9. The summed E-state index contributed by atoms with van der Waals surface area (Å²) >= 11 is 0. The first-order chi connectivity index (χ1) is 23.8. The van der Waals surface area contributed by atoms with E-state index in [0.717, 1.165) is 38.5 Å². The minimum atomic E-state index is -1.57. The van der Waals surface area contributed by atoms with Gasteiger partial charge in [-0.15, -0.1) is 0 Å². The number of hydrogen-bond donors (Lipinski definition) is 6. The summed E-state index contributed by atoms with van der Waals surface area (Å²) in [5.41, 5.74) is 0. The molecule has 0 bridgehead atoms. The molecule has 7 atom stereocenters. The summed E-state index contributed by atoms with van der Waals surface area (Å²) in [5, 5.41) is 53.8. The van der Waals surface area contributed by atoms with Crippen molar-refractivity contribution in [2.75, 3.05) is 13.2 Å². The van der Waals surface area contributed by atoms with Crippen LogP contribution in [-0.4, -0.2) is 87.5 Å². The number of amides is 1. The van der Waals surface area contributed by atoms with Crippen LogP contribution in [0.2, 0.25) is 0 Å². The van der Waals surface area contributed by atoms with Crippen molar-refractivity contribution in [1.29, 1.82) is 0 Å². The van der Waals surface area contributed by atoms with Gasteiger partial charge in [0.15, 0.2) is 6.29 Å². The third-order valence-corrected chi connectivity index (χ3v) is 9.53. The van der Waals surface area contributed by atoms with Gasteiger partial charge in [0.2, 0.25) is 5.91 Å². The molecule has 0 radical (unpaired) electrons. The predicted octanol–water partition coefficient (Wildman–Crippen LogP) is 7.16. The van der Waals surface area contributed by atoms with Gasteiger partial charge in [-0.05, 0) is 32.1 Å². The Hall–Kier alpha value is -1.33. The Morgan fingerprint density at radius 1 is 0.673 bits per heavy atom. The zero-order chi connectivity index (χ0) is 36.0. The van der Waals surface area contributed by atoms with Gasteiger partial charge in [-0.3, -0.25) is 4.79 Å². The molecule has 9 heteroatoms. The molecular weight excluding hydrogens is 622 g/mol. The maximum Gasteiger partial charge on any atom is 0.220 e. The van der Waals surface area contributed by atoms with Crippen LogP contribution in [0, 0.1) is 0 Å². The SMILES string of the molecule is CCCCCC/C=C/CC/C=C/[C@@H](O)[C@H](CO[C@H]1O[C@@H](CO)[C@H](O)C(O)C1O)NC(=O)CCCCCCCCCCCCCCCCCC. The van der Waals surface area contributed by atoms with Crippen LogP contribution >= 0.6 is 0 Å². The van der Waals surface area contributed by atoms with Crippen molar-refractivity contribution in [3.8, 4) is 0 Å². The number of carbonyl (C=O) groups is 1. The lowest BCUT2D eigenvalue weighted by atomic mass is 9.99. The number of ether oxygens (including phenoxy) is 2. The molecule has 1 saturated heterocycles. The summed E-state index contributed by atoms with van der Waals surface area (Å²) in [6.07, 6.45) is 28.0. The second-order valence-electron chi connectivity index (χ2n) is 14.1. The van der Waals surface area contributed by atoms with Crippen molar-refractivity contribution in [3.63, 3.8) is 0 Å². The molecule has 0 aromatic carbocycles. The van der Waals surface area contributed by atoms with E-state index in [9.17, 15) is 30.3 Å². The summed E-state index contributed by atoms with van der Waals surface area (Å²) in [4.78, 5) is 12.9. The fourth-order valence-electron chi connectivity index (χ4n) is 6.23. The van der Waals surface area contributed by atoms with E-state index < -0.39 is 49.5 Å². The van der Waals surface area contributed by atoms with Crippen LogP contribution < -0.4 is 5.32 Å². The molecule has 49 heavy (non-hydrogen) atoms. The maximum absolute atomic E-state index is 12.9. The van der Waals surface area contributed by atoms with Gasteiger partial charge < -0.3 is 40.3 Å². The summed E-state index contributed by atoms with van der Waals surface area (Å²) in [7, 11) is 0. The number of carbonyl (C=O) groups excluding carboxylic acids is 1. The second kappa shape index (κ2) is 31.4. The number of rotatable bonds is 32. The van der Waals surface area contributed by atoms with Crippen molar-refractivity contribution in [2.24, 2.45) is 0 Å². The monoisotopic (exact) mass is 698 g/mol. The predicted molar refractivity (Wildman–Crippen MR) is 198 cm³/mol. The zero-order valence-corrected chi connectivity index (χ0v) is 31.2. The highest BCUT2D eigenvalue weighted by molar-refractivity contribution is 5.76. The molecule has 0 aromatic rings. The summed E-state index contributed by atoms with van der Waals surface area (Å²) in [6.45, 7) is 3.70. The zero-order valence-electron chi connectivity index (χ0n) is 31.2. The van der Waals surface area contributed by atoms with Crippen molar-refractivity contribution in [3.05, 3.63) is 24.3 Å². The van der Waals surface area contributed by atoms with Gasteiger partial charge in [-0.1, -0.05) is 154 Å². The fraction of sp³-hybridized carbons (Fsp3) is 0.875. The number of aliphatic hydroxyl groups is 5. The van der Waals surface area contributed by atoms with Gasteiger partial charge in [-0.2, -0.15) is 0 Å². The molecule has 1 aliphatic rings. The molecule has 1 fully saturated rings. The number of aliphatic hydroxyl groups excluding tert-OH is 5. The van der Waals surface area contributed by atoms with Crippen molar-refractivity contribution in [2.45, 2.75) is 211 Å². The van der Waals surface area contributed by atoms with Crippen molar-refractivity contribution < 1.29 is 39.8 Å². The van der Waals surface area contributed by atoms with E-state index >= 15 is 0 Å². The molecular formula is C40H75NO8. The Morgan fingerprint density at radius 2 is 1.16 bits per heavy atom. The van der Waals surface area contributed by atoms with Gasteiger partial charge in [0.1, 0.15) is 24.4 Å². The van der Waals surface area contributed by atoms with E-state index in [0.29, 0.717) is 6.42 Å². The molecule has 288 valence electrons. The Kier molecular flexibility index (Phi) is 29.3. The average Bonchev–Trinajstić information content (AvgIpc) is 3.10. The number of unbranched alkanes of at least 4 members (excludes halogenated alkanes) is 20. The number of allylic oxidation sites excluding steroid dienone is 3. The first kappa shape index (κ1) is 45.7. The van der Waals surface area contributed by atoms with Crippen molar-refractivity contribution >= 4 is 5.91 Å². The molecule has 1 rings (SSSR count). The average molecular weight is 698 g/mol. The minimum Gasteiger partial charge on any atom is -0.394 e. The molecule has 0 spiro atoms. The van der Waals surface area contributed by atoms with E-state index in [-0.39, 0.29) is 12.5 Å². The number of nitrogens with one attached hydrogen (secondary N) is 1. The third kappa shape index (κ3) is 23.0. The Labute approximate surface area is 298 Å². The first-order valence-electron chi connectivity index (χ1n) is 20.1. The molecule has 6 N–H and O–H groups in total. The summed E-state index contributed by atoms with van der Waals surface area (Å²) < 4.78 is 11.1. The second-order valence-corrected chi connectivity index (χ2v) is 14.1. The van der Waals surface area contributed by atoms with Crippen LogP contribution in [0.25, 0.3) is 0 Å². The lowest BCUT2D eigenvalue weighted by Gasteiger charge is -2.40. The normalized spacial score (nSPS) is 22.6. The van der Waals surface area contributed by atoms with Gasteiger partial charge in [0.25, 0.3) is 0 Å². The highest BCUT2D eigenvalue weighted by Crippen LogP contribution is 2.22. The summed E-state index contributed by atoms with van der Waals surface area (Å²) in [6, 6.07) is -0.814. The summed E-state index contributed by atoms with van der Waals surface area (Å²) in [5.74, 6) is -0.189. The minimum absolute atomic E-state index is 0.189. The van der Waals surface area contributed by atoms with Crippen LogP contribution in [0.3, 0.4) is 0 Å². The van der Waals surface area contributed by atoms with E-state index in [1.807, 2.05) is 6.08 Å². The molecule has 1 aliphatic heterocycles. The fourth-order valence-corrected chi connectivity index (χ4v) is 6.23. The topological polar surface area (TPSA) is 149 Å². The number of hydrogen-bond acceptors (Lipinski definition) is 8. The Balaban J connectivity index is 2.41. The van der Waals surface area contributed by atoms with E-state index in [4.69, 9.17) is 9.47 Å². The van der Waals surface area contributed by atoms with E-state index in [1.165, 1.54) is 109 Å². The molecule has 9 nitrogen and oxygen atoms in total. The highest BCUT2D eigenvalue weighted by atomic mass is 16.7. The van der Waals surface area contributed by atoms with Crippen LogP contribution in [0.4, 0.5) is 0 Å². The quantitative estimate of drug-likeness (QED) is 0.0320. The molecule has 0 saturated carbocycles. The molecule has 1 amide bonds. The van der Waals surface area contributed by atoms with Crippen LogP contribution in [0.5, 0.6) is 0 Å². The van der Waals surface area contributed by atoms with Gasteiger partial charge in [0.05, 0.1) is 25.4 Å². The first-order valence-corrected chi connectivity index (χ1v) is 20.1. The Bertz CT molecular complexity index is 822. The molecule has 0 aliphatic carbocycles. The lowest BCUT2D eigenvalue weighted by molar-refractivity contribution is -0.302. The molecule has 0 aromatic heterocycles. The largest absolute Gasteiger partial charge is 0.394 e. The van der Waals surface area contributed by atoms with Crippen LogP contribution in [-0.2, 0) is 14.3 Å². The van der Waals surface area contributed by atoms with Gasteiger partial charge in [-0.25, -0.2) is 0 Å². The molecule has 1 heterocycles. The molecule has 2 unspecified atom stereocenters. The van der Waals surface area contributed by atoms with Gasteiger partial charge in [0, 0.05) is 6.42 Å². The highest BCUT2D eigenvalue weighted by Gasteiger charge is 2.44. The van der Waals surface area contributed by atoms with Crippen molar-refractivity contribution in [1.82, 2.24) is 5.32 Å². The Morgan fingerprint density at radius 3 is 1.71 bits per heavy atom. The standard InChI is InChI=1S/C40H75NO8/c1-3-5-7-9-11-13-15-16-17-18-19-20-22-24-26-28-30-36(44)41-33(32-48-40-39(47)38(46)37(45)35(31-42)49-40)34(43)29-27-25-23-21-14-12-10-8-6-4-2/h14,21,27,29,33-35,37-40,42-43,45-47H,3-13,15-20,22-26,28,30-32H2,1-2H3,(H,41,44)/b21-14+,29-27+/t33-,34+,35-,37-,38?,39?,40-/m0/s1. The lowest BCUT2D eigenvalue weighted by Crippen LogP contribution is -2.60. The van der Waals surface area contributed by atoms with E-state index in [2.05, 4.69) is 31.3 Å². The smallest absolute Gasteiger partial charge is 0.220 e.